The van der Waals surface area contributed by atoms with Gasteiger partial charge < -0.3 is 14.5 Å². The van der Waals surface area contributed by atoms with Gasteiger partial charge in [-0.1, -0.05) is 29.8 Å². The predicted octanol–water partition coefficient (Wildman–Crippen LogP) is 6.61. The van der Waals surface area contributed by atoms with Crippen molar-refractivity contribution in [2.75, 3.05) is 20.6 Å². The average Bonchev–Trinajstić information content (AvgIpc) is 3.43. The van der Waals surface area contributed by atoms with Crippen LogP contribution in [0.15, 0.2) is 78.0 Å². The second-order valence-electron chi connectivity index (χ2n) is 13.4. The summed E-state index contributed by atoms with van der Waals surface area (Å²) in [5.41, 5.74) is 7.42. The van der Waals surface area contributed by atoms with Crippen LogP contribution in [0.4, 0.5) is 4.79 Å². The summed E-state index contributed by atoms with van der Waals surface area (Å²) >= 11 is 0. The summed E-state index contributed by atoms with van der Waals surface area (Å²) in [6, 6.07) is 17.8. The highest BCUT2D eigenvalue weighted by atomic mass is 32.2. The van der Waals surface area contributed by atoms with E-state index in [1.807, 2.05) is 40.7 Å². The summed E-state index contributed by atoms with van der Waals surface area (Å²) in [5, 5.41) is 0. The van der Waals surface area contributed by atoms with Gasteiger partial charge in [-0.2, -0.15) is 0 Å². The summed E-state index contributed by atoms with van der Waals surface area (Å²) in [7, 11) is -0.630. The lowest BCUT2D eigenvalue weighted by atomic mass is 9.92. The van der Waals surface area contributed by atoms with Gasteiger partial charge in [0.25, 0.3) is 15.9 Å². The van der Waals surface area contributed by atoms with Crippen LogP contribution in [-0.4, -0.2) is 70.4 Å². The molecule has 0 aliphatic carbocycles. The molecule has 2 amide bonds. The van der Waals surface area contributed by atoms with Crippen molar-refractivity contribution in [1.82, 2.24) is 23.7 Å². The fourth-order valence-electron chi connectivity index (χ4n) is 5.87. The van der Waals surface area contributed by atoms with E-state index in [4.69, 9.17) is 9.72 Å². The van der Waals surface area contributed by atoms with Crippen LogP contribution in [0.5, 0.6) is 0 Å². The molecule has 0 atom stereocenters. The number of carbonyl (C=O) groups is 2. The molecule has 0 saturated carbocycles. The molecule has 3 aromatic carbocycles. The first kappa shape index (κ1) is 32.9. The lowest BCUT2D eigenvalue weighted by molar-refractivity contribution is 0.0223. The molecule has 48 heavy (non-hydrogen) atoms. The summed E-state index contributed by atoms with van der Waals surface area (Å²) in [6.45, 7) is 10.5. The molecule has 248 valence electrons. The Morgan fingerprint density at radius 3 is 2.27 bits per heavy atom. The Morgan fingerprint density at radius 1 is 0.938 bits per heavy atom. The molecule has 3 heterocycles. The smallest absolute Gasteiger partial charge is 0.410 e. The molecule has 0 fully saturated rings. The minimum absolute atomic E-state index is 0.134. The maximum absolute atomic E-state index is 13.9. The van der Waals surface area contributed by atoms with Crippen LogP contribution < -0.4 is 0 Å². The van der Waals surface area contributed by atoms with Crippen molar-refractivity contribution in [3.8, 4) is 22.4 Å². The third-order valence-corrected chi connectivity index (χ3v) is 10.1. The van der Waals surface area contributed by atoms with Gasteiger partial charge in [-0.25, -0.2) is 27.2 Å². The topological polar surface area (TPSA) is 115 Å². The van der Waals surface area contributed by atoms with Crippen molar-refractivity contribution in [2.45, 2.75) is 58.1 Å². The van der Waals surface area contributed by atoms with E-state index in [0.29, 0.717) is 47.4 Å². The first-order chi connectivity index (χ1) is 22.6. The largest absolute Gasteiger partial charge is 0.444 e. The monoisotopic (exact) mass is 665 g/mol. The van der Waals surface area contributed by atoms with Crippen LogP contribution in [0.2, 0.25) is 0 Å². The molecule has 0 bridgehead atoms. The number of aryl methyl sites for hydroxylation is 2. The average molecular weight is 666 g/mol. The number of benzene rings is 3. The molecule has 0 radical (unpaired) electrons. The highest BCUT2D eigenvalue weighted by Crippen LogP contribution is 2.35. The Hall–Kier alpha value is -5.03. The Bertz CT molecular complexity index is 2160. The van der Waals surface area contributed by atoms with Gasteiger partial charge in [-0.3, -0.25) is 4.79 Å². The van der Waals surface area contributed by atoms with Gasteiger partial charge in [-0.15, -0.1) is 0 Å². The van der Waals surface area contributed by atoms with Crippen molar-refractivity contribution < 1.29 is 22.7 Å². The van der Waals surface area contributed by atoms with E-state index in [2.05, 4.69) is 11.1 Å². The van der Waals surface area contributed by atoms with Gasteiger partial charge in [0.05, 0.1) is 16.8 Å². The van der Waals surface area contributed by atoms with Gasteiger partial charge >= 0.3 is 6.09 Å². The normalized spacial score (nSPS) is 13.4. The Balaban J connectivity index is 1.44. The second-order valence-corrected chi connectivity index (χ2v) is 15.3. The van der Waals surface area contributed by atoms with E-state index in [0.717, 1.165) is 27.8 Å². The minimum atomic E-state index is -4.01. The Labute approximate surface area is 281 Å². The molecule has 0 saturated heterocycles. The van der Waals surface area contributed by atoms with Crippen LogP contribution in [-0.2, 0) is 27.7 Å². The standard InChI is InChI=1S/C37H39N5O5S/c1-23-8-14-29(15-9-23)48(45,46)42-22-31(25-10-12-26(13-11-25)35(43)40(6)7)33-34(42)38-20-32(39-33)28-18-24(2)30-21-41(17-16-27(30)19-28)36(44)47-37(3,4)5/h8-15,18-20,22H,16-17,21H2,1-7H3. The van der Waals surface area contributed by atoms with Crippen LogP contribution in [0.3, 0.4) is 0 Å². The number of hydrogen-bond acceptors (Lipinski definition) is 7. The molecule has 2 aromatic heterocycles. The zero-order valence-corrected chi connectivity index (χ0v) is 29.1. The van der Waals surface area contributed by atoms with Crippen molar-refractivity contribution >= 4 is 33.2 Å². The third-order valence-electron chi connectivity index (χ3n) is 8.40. The van der Waals surface area contributed by atoms with E-state index in [-0.39, 0.29) is 22.5 Å². The number of carbonyl (C=O) groups excluding carboxylic acids is 2. The van der Waals surface area contributed by atoms with Crippen LogP contribution >= 0.6 is 0 Å². The van der Waals surface area contributed by atoms with Crippen LogP contribution in [0.1, 0.15) is 53.4 Å². The van der Waals surface area contributed by atoms with Gasteiger partial charge in [0.15, 0.2) is 5.65 Å². The van der Waals surface area contributed by atoms with E-state index < -0.39 is 15.6 Å². The van der Waals surface area contributed by atoms with Gasteiger partial charge in [0.2, 0.25) is 0 Å². The Morgan fingerprint density at radius 2 is 1.62 bits per heavy atom. The van der Waals surface area contributed by atoms with E-state index in [9.17, 15) is 18.0 Å². The zero-order chi connectivity index (χ0) is 34.5. The number of ether oxygens (including phenoxy) is 1. The van der Waals surface area contributed by atoms with Crippen molar-refractivity contribution in [2.24, 2.45) is 0 Å². The molecule has 10 nitrogen and oxygen atoms in total. The predicted molar refractivity (Wildman–Crippen MR) is 185 cm³/mol. The maximum Gasteiger partial charge on any atom is 0.410 e. The lowest BCUT2D eigenvalue weighted by Gasteiger charge is -2.32. The van der Waals surface area contributed by atoms with Crippen molar-refractivity contribution in [1.29, 1.82) is 0 Å². The van der Waals surface area contributed by atoms with Crippen molar-refractivity contribution in [3.05, 3.63) is 101 Å². The number of amides is 2. The Kier molecular flexibility index (Phi) is 8.36. The summed E-state index contributed by atoms with van der Waals surface area (Å²) < 4.78 is 34.7. The molecule has 0 unspecified atom stereocenters. The summed E-state index contributed by atoms with van der Waals surface area (Å²) in [6.07, 6.45) is 3.48. The van der Waals surface area contributed by atoms with E-state index in [1.54, 1.807) is 79.9 Å². The first-order valence-corrected chi connectivity index (χ1v) is 17.2. The number of aromatic nitrogens is 3. The number of fused-ring (bicyclic) bond motifs is 2. The quantitative estimate of drug-likeness (QED) is 0.207. The molecule has 11 heteroatoms. The molecule has 6 rings (SSSR count). The van der Waals surface area contributed by atoms with E-state index in [1.165, 1.54) is 8.87 Å². The van der Waals surface area contributed by atoms with Crippen molar-refractivity contribution in [3.63, 3.8) is 0 Å². The van der Waals surface area contributed by atoms with E-state index >= 15 is 0 Å². The second kappa shape index (κ2) is 12.2. The number of hydrogen-bond donors (Lipinski definition) is 0. The SMILES string of the molecule is Cc1ccc(S(=O)(=O)n2cc(-c3ccc(C(=O)N(C)C)cc3)c3nc(-c4cc(C)c5c(c4)CCN(C(=O)OC(C)(C)C)C5)cnc32)cc1. The number of rotatable bonds is 5. The fraction of sp³-hybridized carbons (Fsp3) is 0.297. The highest BCUT2D eigenvalue weighted by molar-refractivity contribution is 7.90. The molecule has 1 aliphatic rings. The number of nitrogens with zero attached hydrogens (tertiary/aromatic N) is 5. The fourth-order valence-corrected chi connectivity index (χ4v) is 7.18. The molecule has 0 spiro atoms. The molecular formula is C37H39N5O5S. The lowest BCUT2D eigenvalue weighted by Crippen LogP contribution is -2.40. The molecular weight excluding hydrogens is 627 g/mol. The molecule has 5 aromatic rings. The van der Waals surface area contributed by atoms with Gasteiger partial charge in [0.1, 0.15) is 11.1 Å². The van der Waals surface area contributed by atoms with Crippen LogP contribution in [0, 0.1) is 13.8 Å². The van der Waals surface area contributed by atoms with Gasteiger partial charge in [-0.05, 0) is 99.7 Å². The summed E-state index contributed by atoms with van der Waals surface area (Å²) in [5.74, 6) is -0.134. The van der Waals surface area contributed by atoms with Gasteiger partial charge in [0, 0.05) is 50.1 Å². The maximum atomic E-state index is 13.9. The minimum Gasteiger partial charge on any atom is -0.444 e. The zero-order valence-electron chi connectivity index (χ0n) is 28.2. The summed E-state index contributed by atoms with van der Waals surface area (Å²) in [4.78, 5) is 38.4. The van der Waals surface area contributed by atoms with Crippen LogP contribution in [0.25, 0.3) is 33.5 Å². The molecule has 1 aliphatic heterocycles. The molecule has 0 N–H and O–H groups in total. The third kappa shape index (κ3) is 6.29. The highest BCUT2D eigenvalue weighted by Gasteiger charge is 2.28. The first-order valence-electron chi connectivity index (χ1n) is 15.8.